The third-order valence-corrected chi connectivity index (χ3v) is 6.54. The van der Waals surface area contributed by atoms with E-state index in [0.29, 0.717) is 18.7 Å². The summed E-state index contributed by atoms with van der Waals surface area (Å²) in [5, 5.41) is 2.73. The molecule has 0 bridgehead atoms. The van der Waals surface area contributed by atoms with Gasteiger partial charge in [-0.25, -0.2) is 0 Å². The van der Waals surface area contributed by atoms with E-state index < -0.39 is 52.8 Å². The molecule has 0 radical (unpaired) electrons. The summed E-state index contributed by atoms with van der Waals surface area (Å²) in [6.45, 7) is 2.38. The molecule has 0 spiro atoms. The van der Waals surface area contributed by atoms with E-state index in [4.69, 9.17) is 0 Å². The molecular formula is C31H30F6N2O2. The summed E-state index contributed by atoms with van der Waals surface area (Å²) >= 11 is 0. The van der Waals surface area contributed by atoms with Gasteiger partial charge in [-0.3, -0.25) is 9.59 Å². The number of alkyl halides is 6. The monoisotopic (exact) mass is 576 g/mol. The molecule has 0 aliphatic carbocycles. The van der Waals surface area contributed by atoms with E-state index in [9.17, 15) is 35.9 Å². The Bertz CT molecular complexity index is 1270. The fraction of sp³-hybridized carbons (Fsp3) is 0.290. The Morgan fingerprint density at radius 3 is 1.76 bits per heavy atom. The van der Waals surface area contributed by atoms with Crippen molar-refractivity contribution in [2.45, 2.75) is 44.1 Å². The van der Waals surface area contributed by atoms with Crippen LogP contribution in [0.1, 0.15) is 58.3 Å². The van der Waals surface area contributed by atoms with Crippen molar-refractivity contribution in [3.05, 3.63) is 119 Å². The van der Waals surface area contributed by atoms with Crippen LogP contribution in [0.25, 0.3) is 0 Å². The lowest BCUT2D eigenvalue weighted by molar-refractivity contribution is -0.143. The maximum atomic E-state index is 13.6. The molecule has 0 fully saturated rings. The Morgan fingerprint density at radius 2 is 1.32 bits per heavy atom. The minimum Gasteiger partial charge on any atom is -0.353 e. The second-order valence-electron chi connectivity index (χ2n) is 9.50. The average molecular weight is 577 g/mol. The summed E-state index contributed by atoms with van der Waals surface area (Å²) in [4.78, 5) is 27.2. The number of amides is 2. The standard InChI is InChI=1S/C31H30F6N2O2/c1-3-4-17-38-27(40)16-15-26(28(21-11-7-5-8-12-21)22-13-9-6-10-14-22)39(2)29(41)23-18-24(30(32,33)34)20-25(19-23)31(35,36)37/h5-16,18-20,26,28H,3-4,17H2,1-2H3,(H,38,40). The molecule has 0 saturated carbocycles. The summed E-state index contributed by atoms with van der Waals surface area (Å²) in [6, 6.07) is 17.7. The van der Waals surface area contributed by atoms with Gasteiger partial charge in [-0.1, -0.05) is 80.1 Å². The third kappa shape index (κ3) is 8.45. The van der Waals surface area contributed by atoms with Gasteiger partial charge in [0.1, 0.15) is 0 Å². The summed E-state index contributed by atoms with van der Waals surface area (Å²) in [6.07, 6.45) is -5.94. The van der Waals surface area contributed by atoms with Crippen LogP contribution in [0.2, 0.25) is 0 Å². The van der Waals surface area contributed by atoms with Gasteiger partial charge in [0.05, 0.1) is 17.2 Å². The zero-order valence-corrected chi connectivity index (χ0v) is 22.5. The van der Waals surface area contributed by atoms with Crippen LogP contribution in [0.4, 0.5) is 26.3 Å². The largest absolute Gasteiger partial charge is 0.416 e. The molecule has 0 heterocycles. The van der Waals surface area contributed by atoms with Crippen molar-refractivity contribution in [2.75, 3.05) is 13.6 Å². The quantitative estimate of drug-likeness (QED) is 0.155. The Hall–Kier alpha value is -4.08. The van der Waals surface area contributed by atoms with E-state index in [0.717, 1.165) is 28.9 Å². The molecule has 0 aliphatic rings. The van der Waals surface area contributed by atoms with Gasteiger partial charge >= 0.3 is 12.4 Å². The number of halogens is 6. The zero-order valence-electron chi connectivity index (χ0n) is 22.5. The summed E-state index contributed by atoms with van der Waals surface area (Å²) in [5.74, 6) is -2.12. The molecular weight excluding hydrogens is 546 g/mol. The minimum absolute atomic E-state index is 0.0223. The van der Waals surface area contributed by atoms with Gasteiger partial charge in [0.15, 0.2) is 0 Å². The van der Waals surface area contributed by atoms with Crippen LogP contribution in [-0.2, 0) is 17.1 Å². The molecule has 3 aromatic rings. The highest BCUT2D eigenvalue weighted by atomic mass is 19.4. The van der Waals surface area contributed by atoms with Crippen LogP contribution in [0.5, 0.6) is 0 Å². The predicted molar refractivity (Wildman–Crippen MR) is 144 cm³/mol. The predicted octanol–water partition coefficient (Wildman–Crippen LogP) is 7.47. The lowest BCUT2D eigenvalue weighted by Gasteiger charge is -2.34. The van der Waals surface area contributed by atoms with E-state index in [1.807, 2.05) is 6.92 Å². The maximum Gasteiger partial charge on any atom is 0.416 e. The Morgan fingerprint density at radius 1 is 0.829 bits per heavy atom. The van der Waals surface area contributed by atoms with Gasteiger partial charge in [0.2, 0.25) is 5.91 Å². The number of carbonyl (C=O) groups excluding carboxylic acids is 2. The van der Waals surface area contributed by atoms with Crippen LogP contribution >= 0.6 is 0 Å². The van der Waals surface area contributed by atoms with Crippen LogP contribution in [0, 0.1) is 0 Å². The molecule has 1 unspecified atom stereocenters. The van der Waals surface area contributed by atoms with Gasteiger partial charge in [-0.05, 0) is 35.7 Å². The van der Waals surface area contributed by atoms with Gasteiger partial charge in [0.25, 0.3) is 5.91 Å². The summed E-state index contributed by atoms with van der Waals surface area (Å²) < 4.78 is 81.1. The fourth-order valence-electron chi connectivity index (χ4n) is 4.42. The lowest BCUT2D eigenvalue weighted by atomic mass is 9.83. The number of nitrogens with one attached hydrogen (secondary N) is 1. The lowest BCUT2D eigenvalue weighted by Crippen LogP contribution is -2.41. The maximum absolute atomic E-state index is 13.6. The third-order valence-electron chi connectivity index (χ3n) is 6.54. The van der Waals surface area contributed by atoms with Crippen molar-refractivity contribution in [2.24, 2.45) is 0 Å². The van der Waals surface area contributed by atoms with Crippen LogP contribution in [-0.4, -0.2) is 36.3 Å². The molecule has 3 rings (SSSR count). The summed E-state index contributed by atoms with van der Waals surface area (Å²) in [7, 11) is 1.29. The van der Waals surface area contributed by atoms with Crippen molar-refractivity contribution >= 4 is 11.8 Å². The van der Waals surface area contributed by atoms with E-state index in [-0.39, 0.29) is 6.07 Å². The summed E-state index contributed by atoms with van der Waals surface area (Å²) in [5.41, 5.74) is -2.51. The first-order valence-corrected chi connectivity index (χ1v) is 13.0. The molecule has 0 aromatic heterocycles. The van der Waals surface area contributed by atoms with Crippen molar-refractivity contribution < 1.29 is 35.9 Å². The molecule has 1 atom stereocenters. The van der Waals surface area contributed by atoms with E-state index in [1.54, 1.807) is 60.7 Å². The number of rotatable bonds is 10. The number of unbranched alkanes of at least 4 members (excludes halogenated alkanes) is 1. The fourth-order valence-corrected chi connectivity index (χ4v) is 4.42. The molecule has 10 heteroatoms. The van der Waals surface area contributed by atoms with Gasteiger partial charge in [-0.15, -0.1) is 0 Å². The Balaban J connectivity index is 2.14. The number of hydrogen-bond donors (Lipinski definition) is 1. The second-order valence-corrected chi connectivity index (χ2v) is 9.50. The topological polar surface area (TPSA) is 49.4 Å². The highest BCUT2D eigenvalue weighted by Gasteiger charge is 2.38. The first-order chi connectivity index (χ1) is 19.3. The van der Waals surface area contributed by atoms with Crippen molar-refractivity contribution in [3.8, 4) is 0 Å². The molecule has 2 amide bonds. The average Bonchev–Trinajstić information content (AvgIpc) is 2.94. The van der Waals surface area contributed by atoms with Crippen LogP contribution in [0.15, 0.2) is 91.0 Å². The highest BCUT2D eigenvalue weighted by Crippen LogP contribution is 2.37. The normalized spacial score (nSPS) is 12.9. The molecule has 41 heavy (non-hydrogen) atoms. The van der Waals surface area contributed by atoms with Crippen LogP contribution in [0.3, 0.4) is 0 Å². The van der Waals surface area contributed by atoms with Crippen molar-refractivity contribution in [3.63, 3.8) is 0 Å². The van der Waals surface area contributed by atoms with Crippen molar-refractivity contribution in [1.29, 1.82) is 0 Å². The molecule has 1 N–H and O–H groups in total. The van der Waals surface area contributed by atoms with Crippen molar-refractivity contribution in [1.82, 2.24) is 10.2 Å². The first-order valence-electron chi connectivity index (χ1n) is 13.0. The second kappa shape index (κ2) is 13.5. The number of likely N-dealkylation sites (N-methyl/N-ethyl adjacent to an activating group) is 1. The highest BCUT2D eigenvalue weighted by molar-refractivity contribution is 5.95. The zero-order chi connectivity index (χ0) is 30.2. The van der Waals surface area contributed by atoms with E-state index in [1.165, 1.54) is 19.2 Å². The number of carbonyl (C=O) groups is 2. The number of nitrogens with zero attached hydrogens (tertiary/aromatic N) is 1. The van der Waals surface area contributed by atoms with Gasteiger partial charge in [0, 0.05) is 31.1 Å². The Labute approximate surface area is 234 Å². The molecule has 218 valence electrons. The SMILES string of the molecule is CCCCNC(=O)C=CC(C(c1ccccc1)c1ccccc1)N(C)C(=O)c1cc(C(F)(F)F)cc(C(F)(F)F)c1. The van der Waals surface area contributed by atoms with Gasteiger partial charge in [-0.2, -0.15) is 26.3 Å². The molecule has 0 saturated heterocycles. The molecule has 4 nitrogen and oxygen atoms in total. The number of benzene rings is 3. The number of hydrogen-bond acceptors (Lipinski definition) is 2. The minimum atomic E-state index is -5.11. The molecule has 3 aromatic carbocycles. The smallest absolute Gasteiger partial charge is 0.353 e. The first kappa shape index (κ1) is 31.4. The molecule has 0 aliphatic heterocycles. The Kier molecular flexibility index (Phi) is 10.4. The van der Waals surface area contributed by atoms with Gasteiger partial charge < -0.3 is 10.2 Å². The van der Waals surface area contributed by atoms with Crippen LogP contribution < -0.4 is 5.32 Å². The van der Waals surface area contributed by atoms with E-state index >= 15 is 0 Å². The van der Waals surface area contributed by atoms with E-state index in [2.05, 4.69) is 5.32 Å².